The third kappa shape index (κ3) is 3.06. The average molecular weight is 303 g/mol. The molecule has 6 nitrogen and oxygen atoms in total. The van der Waals surface area contributed by atoms with Crippen molar-refractivity contribution in [3.63, 3.8) is 0 Å². The molecule has 0 radical (unpaired) electrons. The number of anilines is 1. The van der Waals surface area contributed by atoms with Crippen LogP contribution in [0, 0.1) is 0 Å². The van der Waals surface area contributed by atoms with E-state index in [1.165, 1.54) is 0 Å². The molecule has 1 fully saturated rings. The minimum absolute atomic E-state index is 0.0892. The molecule has 2 heterocycles. The lowest BCUT2D eigenvalue weighted by molar-refractivity contribution is 0.142. The Kier molecular flexibility index (Phi) is 4.58. The first-order valence-electron chi connectivity index (χ1n) is 7.67. The summed E-state index contributed by atoms with van der Waals surface area (Å²) in [4.78, 5) is 8.91. The number of hydrogen-bond acceptors (Lipinski definition) is 6. The normalized spacial score (nSPS) is 17.6. The summed E-state index contributed by atoms with van der Waals surface area (Å²) in [5.41, 5.74) is 0.807. The van der Waals surface area contributed by atoms with Crippen LogP contribution in [0.2, 0.25) is 0 Å². The van der Waals surface area contributed by atoms with E-state index >= 15 is 0 Å². The molecule has 1 unspecified atom stereocenters. The van der Waals surface area contributed by atoms with Gasteiger partial charge in [0, 0.05) is 13.5 Å². The van der Waals surface area contributed by atoms with Crippen LogP contribution in [0.3, 0.4) is 0 Å². The Morgan fingerprint density at radius 3 is 3.00 bits per heavy atom. The number of fused-ring (bicyclic) bond motifs is 1. The minimum Gasteiger partial charge on any atom is -0.487 e. The van der Waals surface area contributed by atoms with Gasteiger partial charge in [0.25, 0.3) is 0 Å². The van der Waals surface area contributed by atoms with Crippen molar-refractivity contribution in [1.82, 2.24) is 9.97 Å². The van der Waals surface area contributed by atoms with Crippen molar-refractivity contribution in [2.45, 2.75) is 25.9 Å². The highest BCUT2D eigenvalue weighted by Gasteiger charge is 2.20. The van der Waals surface area contributed by atoms with Crippen LogP contribution in [-0.2, 0) is 4.74 Å². The van der Waals surface area contributed by atoms with Gasteiger partial charge in [0.05, 0.1) is 30.7 Å². The van der Waals surface area contributed by atoms with Crippen LogP contribution in [0.1, 0.15) is 19.8 Å². The van der Waals surface area contributed by atoms with E-state index in [1.54, 1.807) is 0 Å². The molecule has 0 spiro atoms. The number of ether oxygens (including phenoxy) is 3. The fourth-order valence-corrected chi connectivity index (χ4v) is 2.45. The highest BCUT2D eigenvalue weighted by molar-refractivity contribution is 5.94. The summed E-state index contributed by atoms with van der Waals surface area (Å²) < 4.78 is 17.0. The third-order valence-corrected chi connectivity index (χ3v) is 3.52. The van der Waals surface area contributed by atoms with Crippen molar-refractivity contribution < 1.29 is 14.2 Å². The second-order valence-corrected chi connectivity index (χ2v) is 5.21. The SMILES string of the molecule is CCCOc1nc(NC)c2c(OC3CCOC3)cccc2n1. The van der Waals surface area contributed by atoms with Gasteiger partial charge in [0.15, 0.2) is 0 Å². The van der Waals surface area contributed by atoms with Crippen LogP contribution in [0.15, 0.2) is 18.2 Å². The van der Waals surface area contributed by atoms with Gasteiger partial charge in [-0.2, -0.15) is 9.97 Å². The topological polar surface area (TPSA) is 65.5 Å². The standard InChI is InChI=1S/C16H21N3O3/c1-3-8-21-16-18-12-5-4-6-13(14(12)15(17-2)19-16)22-11-7-9-20-10-11/h4-6,11H,3,7-10H2,1-2H3,(H,17,18,19). The lowest BCUT2D eigenvalue weighted by atomic mass is 10.2. The van der Waals surface area contributed by atoms with E-state index in [0.29, 0.717) is 25.0 Å². The molecule has 1 aromatic heterocycles. The average Bonchev–Trinajstić information content (AvgIpc) is 3.05. The van der Waals surface area contributed by atoms with Crippen molar-refractivity contribution in [3.05, 3.63) is 18.2 Å². The van der Waals surface area contributed by atoms with Crippen molar-refractivity contribution in [1.29, 1.82) is 0 Å². The Balaban J connectivity index is 1.98. The highest BCUT2D eigenvalue weighted by atomic mass is 16.5. The zero-order valence-electron chi connectivity index (χ0n) is 13.0. The Morgan fingerprint density at radius 2 is 2.27 bits per heavy atom. The van der Waals surface area contributed by atoms with Gasteiger partial charge in [-0.15, -0.1) is 0 Å². The molecular weight excluding hydrogens is 282 g/mol. The summed E-state index contributed by atoms with van der Waals surface area (Å²) in [7, 11) is 1.83. The molecule has 0 saturated carbocycles. The van der Waals surface area contributed by atoms with Crippen LogP contribution >= 0.6 is 0 Å². The molecule has 1 saturated heterocycles. The molecule has 0 aliphatic carbocycles. The first-order valence-corrected chi connectivity index (χ1v) is 7.67. The third-order valence-electron chi connectivity index (χ3n) is 3.52. The molecule has 0 amide bonds. The molecule has 3 rings (SSSR count). The Morgan fingerprint density at radius 1 is 1.36 bits per heavy atom. The van der Waals surface area contributed by atoms with Crippen molar-refractivity contribution in [2.75, 3.05) is 32.2 Å². The summed E-state index contributed by atoms with van der Waals surface area (Å²) in [5, 5.41) is 3.99. The van der Waals surface area contributed by atoms with Gasteiger partial charge in [-0.1, -0.05) is 13.0 Å². The molecule has 1 aromatic carbocycles. The number of benzene rings is 1. The zero-order valence-corrected chi connectivity index (χ0v) is 13.0. The Bertz CT molecular complexity index is 642. The van der Waals surface area contributed by atoms with Gasteiger partial charge in [-0.25, -0.2) is 0 Å². The quantitative estimate of drug-likeness (QED) is 0.885. The zero-order chi connectivity index (χ0) is 15.4. The predicted octanol–water partition coefficient (Wildman–Crippen LogP) is 2.63. The lowest BCUT2D eigenvalue weighted by Gasteiger charge is -2.16. The van der Waals surface area contributed by atoms with Crippen molar-refractivity contribution >= 4 is 16.7 Å². The number of nitrogens with one attached hydrogen (secondary N) is 1. The van der Waals surface area contributed by atoms with Gasteiger partial charge in [0.2, 0.25) is 0 Å². The molecule has 1 N–H and O–H groups in total. The fraction of sp³-hybridized carbons (Fsp3) is 0.500. The monoisotopic (exact) mass is 303 g/mol. The Hall–Kier alpha value is -2.08. The van der Waals surface area contributed by atoms with Gasteiger partial charge >= 0.3 is 6.01 Å². The number of aromatic nitrogens is 2. The number of hydrogen-bond donors (Lipinski definition) is 1. The fourth-order valence-electron chi connectivity index (χ4n) is 2.45. The predicted molar refractivity (Wildman–Crippen MR) is 84.7 cm³/mol. The number of nitrogens with zero attached hydrogens (tertiary/aromatic N) is 2. The summed E-state index contributed by atoms with van der Waals surface area (Å²) in [6.45, 7) is 4.03. The second kappa shape index (κ2) is 6.79. The summed E-state index contributed by atoms with van der Waals surface area (Å²) >= 11 is 0. The smallest absolute Gasteiger partial charge is 0.318 e. The minimum atomic E-state index is 0.0892. The molecule has 118 valence electrons. The molecule has 0 bridgehead atoms. The van der Waals surface area contributed by atoms with E-state index in [1.807, 2.05) is 25.2 Å². The van der Waals surface area contributed by atoms with Gasteiger partial charge in [-0.3, -0.25) is 0 Å². The van der Waals surface area contributed by atoms with Crippen LogP contribution in [0.25, 0.3) is 10.9 Å². The van der Waals surface area contributed by atoms with E-state index in [4.69, 9.17) is 14.2 Å². The second-order valence-electron chi connectivity index (χ2n) is 5.21. The molecule has 22 heavy (non-hydrogen) atoms. The van der Waals surface area contributed by atoms with Crippen LogP contribution < -0.4 is 14.8 Å². The molecule has 1 aliphatic heterocycles. The molecule has 1 atom stereocenters. The maximum atomic E-state index is 6.07. The van der Waals surface area contributed by atoms with E-state index in [2.05, 4.69) is 22.2 Å². The van der Waals surface area contributed by atoms with Gasteiger partial charge in [-0.05, 0) is 18.6 Å². The van der Waals surface area contributed by atoms with E-state index in [-0.39, 0.29) is 6.10 Å². The largest absolute Gasteiger partial charge is 0.487 e. The number of rotatable bonds is 6. The summed E-state index contributed by atoms with van der Waals surface area (Å²) in [5.74, 6) is 1.49. The first kappa shape index (κ1) is 14.8. The maximum absolute atomic E-state index is 6.07. The van der Waals surface area contributed by atoms with Gasteiger partial charge < -0.3 is 19.5 Å². The molecule has 1 aliphatic rings. The highest BCUT2D eigenvalue weighted by Crippen LogP contribution is 2.32. The lowest BCUT2D eigenvalue weighted by Crippen LogP contribution is -2.16. The van der Waals surface area contributed by atoms with E-state index in [0.717, 1.165) is 36.1 Å². The maximum Gasteiger partial charge on any atom is 0.318 e. The summed E-state index contributed by atoms with van der Waals surface area (Å²) in [6.07, 6.45) is 1.91. The van der Waals surface area contributed by atoms with E-state index < -0.39 is 0 Å². The van der Waals surface area contributed by atoms with Crippen molar-refractivity contribution in [2.24, 2.45) is 0 Å². The molecule has 6 heteroatoms. The molecular formula is C16H21N3O3. The van der Waals surface area contributed by atoms with Crippen LogP contribution in [0.5, 0.6) is 11.8 Å². The van der Waals surface area contributed by atoms with Crippen LogP contribution in [-0.4, -0.2) is 42.9 Å². The molecule has 2 aromatic rings. The Labute approximate surface area is 129 Å². The van der Waals surface area contributed by atoms with Gasteiger partial charge in [0.1, 0.15) is 17.7 Å². The van der Waals surface area contributed by atoms with Crippen LogP contribution in [0.4, 0.5) is 5.82 Å². The summed E-state index contributed by atoms with van der Waals surface area (Å²) in [6, 6.07) is 6.20. The first-order chi connectivity index (χ1) is 10.8. The van der Waals surface area contributed by atoms with E-state index in [9.17, 15) is 0 Å². The van der Waals surface area contributed by atoms with Crippen molar-refractivity contribution in [3.8, 4) is 11.8 Å².